The maximum atomic E-state index is 12.2. The molecule has 0 aliphatic rings. The molecule has 1 heterocycles. The number of pyridine rings is 1. The molecule has 1 aromatic carbocycles. The molecule has 0 saturated carbocycles. The number of aromatic nitrogens is 1. The molecule has 0 unspecified atom stereocenters. The van der Waals surface area contributed by atoms with E-state index in [9.17, 15) is 9.59 Å². The summed E-state index contributed by atoms with van der Waals surface area (Å²) >= 11 is 5.81. The third kappa shape index (κ3) is 6.08. The van der Waals surface area contributed by atoms with E-state index >= 15 is 0 Å². The van der Waals surface area contributed by atoms with Crippen molar-refractivity contribution >= 4 is 23.5 Å². The number of amides is 1. The number of halogens is 1. The highest BCUT2D eigenvalue weighted by Crippen LogP contribution is 2.20. The predicted octanol–water partition coefficient (Wildman–Crippen LogP) is 2.75. The Hall–Kier alpha value is -2.60. The molecule has 0 bridgehead atoms. The molecule has 0 aliphatic carbocycles. The zero-order valence-electron chi connectivity index (χ0n) is 14.0. The first-order chi connectivity index (χ1) is 11.9. The van der Waals surface area contributed by atoms with Gasteiger partial charge in [-0.2, -0.15) is 0 Å². The van der Waals surface area contributed by atoms with Gasteiger partial charge in [-0.3, -0.25) is 14.6 Å². The van der Waals surface area contributed by atoms with Crippen LogP contribution >= 0.6 is 11.6 Å². The summed E-state index contributed by atoms with van der Waals surface area (Å²) in [5, 5.41) is 3.09. The largest absolute Gasteiger partial charge is 0.478 e. The summed E-state index contributed by atoms with van der Waals surface area (Å²) in [6.45, 7) is 3.08. The fraction of sp³-hybridized carbons (Fsp3) is 0.278. The molecule has 1 aromatic heterocycles. The van der Waals surface area contributed by atoms with Gasteiger partial charge in [0.1, 0.15) is 18.9 Å². The predicted molar refractivity (Wildman–Crippen MR) is 93.2 cm³/mol. The lowest BCUT2D eigenvalue weighted by molar-refractivity contribution is -0.146. The van der Waals surface area contributed by atoms with Gasteiger partial charge >= 0.3 is 5.97 Å². The third-order valence-electron chi connectivity index (χ3n) is 3.25. The number of carbonyl (C=O) groups excluding carboxylic acids is 2. The van der Waals surface area contributed by atoms with Gasteiger partial charge in [0.25, 0.3) is 5.91 Å². The number of rotatable bonds is 7. The topological polar surface area (TPSA) is 77.5 Å². The lowest BCUT2D eigenvalue weighted by Gasteiger charge is -2.25. The summed E-state index contributed by atoms with van der Waals surface area (Å²) in [7, 11) is 0. The molecule has 0 saturated heterocycles. The van der Waals surface area contributed by atoms with Gasteiger partial charge in [0.2, 0.25) is 0 Å². The van der Waals surface area contributed by atoms with Crippen LogP contribution in [0.15, 0.2) is 48.8 Å². The van der Waals surface area contributed by atoms with Gasteiger partial charge in [-0.05, 0) is 44.2 Å². The maximum Gasteiger partial charge on any atom is 0.325 e. The molecular formula is C18H19ClN2O4. The van der Waals surface area contributed by atoms with Crippen LogP contribution in [0.3, 0.4) is 0 Å². The number of benzene rings is 1. The van der Waals surface area contributed by atoms with E-state index in [-0.39, 0.29) is 13.2 Å². The van der Waals surface area contributed by atoms with Crippen LogP contribution in [0.1, 0.15) is 19.4 Å². The third-order valence-corrected chi connectivity index (χ3v) is 3.50. The van der Waals surface area contributed by atoms with Crippen molar-refractivity contribution in [2.24, 2.45) is 0 Å². The Morgan fingerprint density at radius 2 is 1.92 bits per heavy atom. The zero-order chi connectivity index (χ0) is 18.3. The van der Waals surface area contributed by atoms with Crippen LogP contribution in [0, 0.1) is 0 Å². The lowest BCUT2D eigenvalue weighted by atomic mass is 10.1. The van der Waals surface area contributed by atoms with Crippen LogP contribution in [0.2, 0.25) is 5.02 Å². The Morgan fingerprint density at radius 1 is 1.20 bits per heavy atom. The molecule has 2 aromatic rings. The van der Waals surface area contributed by atoms with Crippen LogP contribution in [0.5, 0.6) is 5.75 Å². The van der Waals surface area contributed by atoms with E-state index in [1.165, 1.54) is 0 Å². The molecule has 1 amide bonds. The fourth-order valence-corrected chi connectivity index (χ4v) is 2.03. The number of hydrogen-bond acceptors (Lipinski definition) is 5. The Labute approximate surface area is 151 Å². The Bertz CT molecular complexity index is 718. The average Bonchev–Trinajstić information content (AvgIpc) is 2.60. The van der Waals surface area contributed by atoms with E-state index in [0.717, 1.165) is 5.56 Å². The van der Waals surface area contributed by atoms with Crippen LogP contribution in [0.4, 0.5) is 0 Å². The monoisotopic (exact) mass is 362 g/mol. The van der Waals surface area contributed by atoms with Gasteiger partial charge in [0, 0.05) is 23.0 Å². The summed E-state index contributed by atoms with van der Waals surface area (Å²) in [5.74, 6) is -0.469. The second-order valence-corrected chi connectivity index (χ2v) is 6.21. The first kappa shape index (κ1) is 18.7. The van der Waals surface area contributed by atoms with E-state index in [1.54, 1.807) is 62.6 Å². The zero-order valence-corrected chi connectivity index (χ0v) is 14.7. The van der Waals surface area contributed by atoms with Crippen LogP contribution < -0.4 is 10.1 Å². The average molecular weight is 363 g/mol. The molecule has 1 N–H and O–H groups in total. The van der Waals surface area contributed by atoms with Crippen molar-refractivity contribution in [2.75, 3.05) is 6.54 Å². The van der Waals surface area contributed by atoms with Crippen LogP contribution in [-0.2, 0) is 20.9 Å². The number of esters is 1. The number of nitrogens with one attached hydrogen (secondary N) is 1. The van der Waals surface area contributed by atoms with Gasteiger partial charge < -0.3 is 14.8 Å². The van der Waals surface area contributed by atoms with Crippen LogP contribution in [0.25, 0.3) is 0 Å². The van der Waals surface area contributed by atoms with Crippen molar-refractivity contribution in [1.82, 2.24) is 10.3 Å². The van der Waals surface area contributed by atoms with Gasteiger partial charge in [-0.25, -0.2) is 0 Å². The number of hydrogen-bond donors (Lipinski definition) is 1. The molecule has 0 spiro atoms. The Morgan fingerprint density at radius 3 is 2.56 bits per heavy atom. The van der Waals surface area contributed by atoms with Crippen molar-refractivity contribution in [2.45, 2.75) is 26.1 Å². The second-order valence-electron chi connectivity index (χ2n) is 5.77. The summed E-state index contributed by atoms with van der Waals surface area (Å²) < 4.78 is 10.7. The number of nitrogens with zero attached hydrogens (tertiary/aromatic N) is 1. The van der Waals surface area contributed by atoms with Gasteiger partial charge in [-0.15, -0.1) is 0 Å². The molecular weight excluding hydrogens is 344 g/mol. The van der Waals surface area contributed by atoms with Gasteiger partial charge in [-0.1, -0.05) is 17.7 Å². The Kier molecular flexibility index (Phi) is 6.36. The van der Waals surface area contributed by atoms with E-state index in [4.69, 9.17) is 21.1 Å². The lowest BCUT2D eigenvalue weighted by Crippen LogP contribution is -2.48. The fourth-order valence-electron chi connectivity index (χ4n) is 1.91. The minimum Gasteiger partial charge on any atom is -0.478 e. The second kappa shape index (κ2) is 8.48. The number of ether oxygens (including phenoxy) is 2. The minimum absolute atomic E-state index is 0.104. The van der Waals surface area contributed by atoms with E-state index in [1.807, 2.05) is 0 Å². The maximum absolute atomic E-state index is 12.2. The van der Waals surface area contributed by atoms with E-state index in [2.05, 4.69) is 10.3 Å². The van der Waals surface area contributed by atoms with Crippen molar-refractivity contribution in [1.29, 1.82) is 0 Å². The molecule has 132 valence electrons. The quantitative estimate of drug-likeness (QED) is 0.766. The number of carbonyl (C=O) groups is 2. The molecule has 6 nitrogen and oxygen atoms in total. The van der Waals surface area contributed by atoms with Gasteiger partial charge in [0.15, 0.2) is 5.60 Å². The van der Waals surface area contributed by atoms with E-state index < -0.39 is 17.5 Å². The molecule has 2 rings (SSSR count). The first-order valence-corrected chi connectivity index (χ1v) is 8.02. The molecule has 0 aliphatic heterocycles. The molecule has 7 heteroatoms. The SMILES string of the molecule is CC(C)(Oc1ccc(Cl)cc1)C(=O)NCC(=O)OCc1cccnc1. The first-order valence-electron chi connectivity index (χ1n) is 7.64. The molecule has 0 fully saturated rings. The van der Waals surface area contributed by atoms with Gasteiger partial charge in [0.05, 0.1) is 0 Å². The van der Waals surface area contributed by atoms with Crippen molar-refractivity contribution < 1.29 is 19.1 Å². The van der Waals surface area contributed by atoms with E-state index in [0.29, 0.717) is 10.8 Å². The Balaban J connectivity index is 1.79. The van der Waals surface area contributed by atoms with Crippen molar-refractivity contribution in [3.63, 3.8) is 0 Å². The normalized spacial score (nSPS) is 10.8. The van der Waals surface area contributed by atoms with Crippen LogP contribution in [-0.4, -0.2) is 29.0 Å². The standard InChI is InChI=1S/C18H19ClN2O4/c1-18(2,25-15-7-5-14(19)6-8-15)17(23)21-11-16(22)24-12-13-4-3-9-20-10-13/h3-10H,11-12H2,1-2H3,(H,21,23). The minimum atomic E-state index is -1.16. The molecule has 0 atom stereocenters. The summed E-state index contributed by atoms with van der Waals surface area (Å²) in [4.78, 5) is 27.9. The summed E-state index contributed by atoms with van der Waals surface area (Å²) in [6, 6.07) is 10.2. The summed E-state index contributed by atoms with van der Waals surface area (Å²) in [6.07, 6.45) is 3.24. The summed E-state index contributed by atoms with van der Waals surface area (Å²) in [5.41, 5.74) is -0.383. The highest BCUT2D eigenvalue weighted by Gasteiger charge is 2.30. The van der Waals surface area contributed by atoms with Crippen molar-refractivity contribution in [3.05, 3.63) is 59.4 Å². The highest BCUT2D eigenvalue weighted by atomic mass is 35.5. The highest BCUT2D eigenvalue weighted by molar-refractivity contribution is 6.30. The smallest absolute Gasteiger partial charge is 0.325 e. The molecule has 25 heavy (non-hydrogen) atoms. The van der Waals surface area contributed by atoms with Crippen molar-refractivity contribution in [3.8, 4) is 5.75 Å². The molecule has 0 radical (unpaired) electrons.